The molecule has 0 fully saturated rings. The average molecular weight is 485 g/mol. The van der Waals surface area contributed by atoms with Gasteiger partial charge in [-0.25, -0.2) is 4.98 Å². The fourth-order valence-electron chi connectivity index (χ4n) is 2.77. The van der Waals surface area contributed by atoms with E-state index in [1.807, 2.05) is 12.5 Å². The molecule has 1 aromatic carbocycles. The molecule has 0 bridgehead atoms. The monoisotopic (exact) mass is 485 g/mol. The SMILES string of the molecule is CN=C(NCc1cccc(Cn2ccnc2)c1)NCC(OC)C(C)(C)C.I. The van der Waals surface area contributed by atoms with Crippen LogP contribution in [0.25, 0.3) is 0 Å². The summed E-state index contributed by atoms with van der Waals surface area (Å²) in [4.78, 5) is 8.39. The summed E-state index contributed by atoms with van der Waals surface area (Å²) in [7, 11) is 3.53. The predicted molar refractivity (Wildman–Crippen MR) is 122 cm³/mol. The first kappa shape index (κ1) is 23.4. The van der Waals surface area contributed by atoms with Crippen LogP contribution in [0.3, 0.4) is 0 Å². The van der Waals surface area contributed by atoms with Gasteiger partial charge in [0, 0.05) is 46.2 Å². The topological polar surface area (TPSA) is 63.5 Å². The number of guanidine groups is 1. The minimum Gasteiger partial charge on any atom is -0.379 e. The van der Waals surface area contributed by atoms with Gasteiger partial charge in [0.15, 0.2) is 5.96 Å². The summed E-state index contributed by atoms with van der Waals surface area (Å²) in [6, 6.07) is 8.53. The zero-order valence-corrected chi connectivity index (χ0v) is 19.2. The van der Waals surface area contributed by atoms with Gasteiger partial charge in [-0.3, -0.25) is 4.99 Å². The number of hydrogen-bond acceptors (Lipinski definition) is 3. The Bertz CT molecular complexity index is 695. The van der Waals surface area contributed by atoms with Crippen molar-refractivity contribution < 1.29 is 4.74 Å². The molecule has 0 aliphatic heterocycles. The van der Waals surface area contributed by atoms with Crippen molar-refractivity contribution in [2.75, 3.05) is 20.7 Å². The molecule has 2 N–H and O–H groups in total. The van der Waals surface area contributed by atoms with Crippen molar-refractivity contribution in [3.63, 3.8) is 0 Å². The Hall–Kier alpha value is -1.61. The Kier molecular flexibility index (Phi) is 9.79. The van der Waals surface area contributed by atoms with Crippen LogP contribution in [0.5, 0.6) is 0 Å². The summed E-state index contributed by atoms with van der Waals surface area (Å²) < 4.78 is 7.65. The molecular weight excluding hydrogens is 453 g/mol. The number of benzene rings is 1. The highest BCUT2D eigenvalue weighted by Crippen LogP contribution is 2.20. The molecule has 0 radical (unpaired) electrons. The number of halogens is 1. The zero-order chi connectivity index (χ0) is 19.0. The van der Waals surface area contributed by atoms with Crippen molar-refractivity contribution >= 4 is 29.9 Å². The van der Waals surface area contributed by atoms with E-state index in [2.05, 4.69) is 70.2 Å². The van der Waals surface area contributed by atoms with Crippen LogP contribution in [0.1, 0.15) is 31.9 Å². The first-order chi connectivity index (χ1) is 12.4. The molecule has 0 saturated carbocycles. The standard InChI is InChI=1S/C20H31N5O.HI/c1-20(2,3)18(26-5)13-24-19(21-4)23-12-16-7-6-8-17(11-16)14-25-10-9-22-15-25;/h6-11,15,18H,12-14H2,1-5H3,(H2,21,23,24);1H. The van der Waals surface area contributed by atoms with Crippen LogP contribution >= 0.6 is 24.0 Å². The quantitative estimate of drug-likeness (QED) is 0.359. The van der Waals surface area contributed by atoms with Crippen LogP contribution in [0, 0.1) is 5.41 Å². The van der Waals surface area contributed by atoms with Crippen LogP contribution in [0.15, 0.2) is 48.0 Å². The average Bonchev–Trinajstić information content (AvgIpc) is 3.10. The molecule has 7 heteroatoms. The van der Waals surface area contributed by atoms with Crippen LogP contribution < -0.4 is 10.6 Å². The molecule has 150 valence electrons. The van der Waals surface area contributed by atoms with Crippen LogP contribution in [-0.4, -0.2) is 42.3 Å². The minimum atomic E-state index is 0. The zero-order valence-electron chi connectivity index (χ0n) is 16.9. The van der Waals surface area contributed by atoms with Gasteiger partial charge in [-0.15, -0.1) is 24.0 Å². The van der Waals surface area contributed by atoms with Crippen molar-refractivity contribution in [1.82, 2.24) is 20.2 Å². The molecule has 0 saturated heterocycles. The molecule has 1 heterocycles. The van der Waals surface area contributed by atoms with Gasteiger partial charge >= 0.3 is 0 Å². The summed E-state index contributed by atoms with van der Waals surface area (Å²) in [6.45, 7) is 8.76. The number of methoxy groups -OCH3 is 1. The van der Waals surface area contributed by atoms with Gasteiger partial charge in [0.1, 0.15) is 0 Å². The van der Waals surface area contributed by atoms with E-state index in [1.165, 1.54) is 11.1 Å². The summed E-state index contributed by atoms with van der Waals surface area (Å²) in [5, 5.41) is 6.72. The third-order valence-electron chi connectivity index (χ3n) is 4.30. The van der Waals surface area contributed by atoms with Crippen LogP contribution in [0.2, 0.25) is 0 Å². The highest BCUT2D eigenvalue weighted by Gasteiger charge is 2.24. The largest absolute Gasteiger partial charge is 0.379 e. The maximum atomic E-state index is 5.59. The molecule has 6 nitrogen and oxygen atoms in total. The van der Waals surface area contributed by atoms with Crippen molar-refractivity contribution in [2.45, 2.75) is 40.0 Å². The molecule has 0 aliphatic rings. The smallest absolute Gasteiger partial charge is 0.191 e. The lowest BCUT2D eigenvalue weighted by molar-refractivity contribution is 0.0205. The van der Waals surface area contributed by atoms with Gasteiger partial charge < -0.3 is 19.9 Å². The Morgan fingerprint density at radius 1 is 1.26 bits per heavy atom. The number of aromatic nitrogens is 2. The van der Waals surface area contributed by atoms with Crippen molar-refractivity contribution in [2.24, 2.45) is 10.4 Å². The van der Waals surface area contributed by atoms with Gasteiger partial charge in [0.2, 0.25) is 0 Å². The third kappa shape index (κ3) is 7.88. The first-order valence-electron chi connectivity index (χ1n) is 8.93. The number of aliphatic imine (C=N–C) groups is 1. The van der Waals surface area contributed by atoms with E-state index in [4.69, 9.17) is 4.74 Å². The maximum absolute atomic E-state index is 5.59. The van der Waals surface area contributed by atoms with Crippen molar-refractivity contribution in [3.05, 3.63) is 54.1 Å². The van der Waals surface area contributed by atoms with E-state index < -0.39 is 0 Å². The Morgan fingerprint density at radius 3 is 2.59 bits per heavy atom. The summed E-state index contributed by atoms with van der Waals surface area (Å²) >= 11 is 0. The second kappa shape index (κ2) is 11.3. The molecule has 0 spiro atoms. The molecule has 1 unspecified atom stereocenters. The molecule has 0 amide bonds. The molecule has 2 aromatic rings. The lowest BCUT2D eigenvalue weighted by Crippen LogP contribution is -2.45. The van der Waals surface area contributed by atoms with Gasteiger partial charge in [-0.2, -0.15) is 0 Å². The summed E-state index contributed by atoms with van der Waals surface area (Å²) in [5.74, 6) is 0.774. The Morgan fingerprint density at radius 2 is 2.00 bits per heavy atom. The third-order valence-corrected chi connectivity index (χ3v) is 4.30. The highest BCUT2D eigenvalue weighted by molar-refractivity contribution is 14.0. The molecule has 27 heavy (non-hydrogen) atoms. The molecule has 1 aromatic heterocycles. The van der Waals surface area contributed by atoms with Gasteiger partial charge in [0.05, 0.1) is 12.4 Å². The Balaban J connectivity index is 0.00000364. The summed E-state index contributed by atoms with van der Waals surface area (Å²) in [5.41, 5.74) is 2.53. The second-order valence-corrected chi connectivity index (χ2v) is 7.45. The number of hydrogen-bond donors (Lipinski definition) is 2. The number of rotatable bonds is 7. The molecule has 2 rings (SSSR count). The van der Waals surface area contributed by atoms with Crippen LogP contribution in [0.4, 0.5) is 0 Å². The predicted octanol–water partition coefficient (Wildman–Crippen LogP) is 3.28. The molecule has 0 aliphatic carbocycles. The normalized spacial score (nSPS) is 13.0. The lowest BCUT2D eigenvalue weighted by Gasteiger charge is -2.30. The van der Waals surface area contributed by atoms with Crippen molar-refractivity contribution in [1.29, 1.82) is 0 Å². The van der Waals surface area contributed by atoms with E-state index in [0.717, 1.165) is 12.5 Å². The van der Waals surface area contributed by atoms with Crippen molar-refractivity contribution in [3.8, 4) is 0 Å². The number of nitrogens with zero attached hydrogens (tertiary/aromatic N) is 3. The van der Waals surface area contributed by atoms with E-state index in [0.29, 0.717) is 13.1 Å². The number of imidazole rings is 1. The number of nitrogens with one attached hydrogen (secondary N) is 2. The number of ether oxygens (including phenoxy) is 1. The summed E-state index contributed by atoms with van der Waals surface area (Å²) in [6.07, 6.45) is 5.71. The van der Waals surface area contributed by atoms with E-state index in [-0.39, 0.29) is 35.5 Å². The highest BCUT2D eigenvalue weighted by atomic mass is 127. The molecule has 1 atom stereocenters. The lowest BCUT2D eigenvalue weighted by atomic mass is 9.89. The fraction of sp³-hybridized carbons (Fsp3) is 0.500. The molecular formula is C20H32IN5O. The van der Waals surface area contributed by atoms with Gasteiger partial charge in [0.25, 0.3) is 0 Å². The van der Waals surface area contributed by atoms with Gasteiger partial charge in [-0.05, 0) is 16.5 Å². The van der Waals surface area contributed by atoms with E-state index in [9.17, 15) is 0 Å². The maximum Gasteiger partial charge on any atom is 0.191 e. The van der Waals surface area contributed by atoms with E-state index in [1.54, 1.807) is 20.4 Å². The second-order valence-electron chi connectivity index (χ2n) is 7.45. The van der Waals surface area contributed by atoms with Gasteiger partial charge in [-0.1, -0.05) is 45.0 Å². The minimum absolute atomic E-state index is 0. The van der Waals surface area contributed by atoms with Crippen LogP contribution in [-0.2, 0) is 17.8 Å². The van der Waals surface area contributed by atoms with E-state index >= 15 is 0 Å². The first-order valence-corrected chi connectivity index (χ1v) is 8.93. The fourth-order valence-corrected chi connectivity index (χ4v) is 2.77. The Labute approximate surface area is 179 Å².